The standard InChI is InChI=1S/C25H17N4OS3.CH4O4S/c1-27-17-7-3-5-9-19(17)31-21(27)13-16-12-11-15(14-26)24-29(16)23(30)22(33-24)25-28(2)18-8-4-6-10-20(18)32-25;1-5-6(2,3)4/h3-13H,1-2H3;1H3,(H,2,3,4)/q+1;/p-1. The third kappa shape index (κ3) is 5.10. The highest BCUT2D eigenvalue weighted by Crippen LogP contribution is 2.45. The first-order chi connectivity index (χ1) is 18.6. The van der Waals surface area contributed by atoms with E-state index in [1.807, 2.05) is 50.5 Å². The van der Waals surface area contributed by atoms with Crippen LogP contribution in [0.2, 0.25) is 0 Å². The number of aromatic nitrogens is 2. The van der Waals surface area contributed by atoms with Crippen molar-refractivity contribution in [1.29, 1.82) is 5.26 Å². The molecule has 1 aliphatic rings. The second kappa shape index (κ2) is 10.6. The van der Waals surface area contributed by atoms with Crippen molar-refractivity contribution < 1.29 is 21.7 Å². The summed E-state index contributed by atoms with van der Waals surface area (Å²) < 4.78 is 36.7. The maximum Gasteiger partial charge on any atom is 0.276 e. The molecule has 1 aliphatic heterocycles. The van der Waals surface area contributed by atoms with Crippen molar-refractivity contribution in [2.24, 2.45) is 7.05 Å². The Morgan fingerprint density at radius 1 is 1.08 bits per heavy atom. The van der Waals surface area contributed by atoms with Crippen molar-refractivity contribution in [3.05, 3.63) is 91.5 Å². The van der Waals surface area contributed by atoms with Gasteiger partial charge in [0.15, 0.2) is 0 Å². The summed E-state index contributed by atoms with van der Waals surface area (Å²) in [6, 6.07) is 22.3. The number of thioether (sulfide) groups is 1. The van der Waals surface area contributed by atoms with Crippen molar-refractivity contribution in [2.45, 2.75) is 4.90 Å². The van der Waals surface area contributed by atoms with Crippen molar-refractivity contribution >= 4 is 76.7 Å². The minimum atomic E-state index is -4.41. The Morgan fingerprint density at radius 3 is 2.44 bits per heavy atom. The smallest absolute Gasteiger partial charge is 0.276 e. The largest absolute Gasteiger partial charge is 0.726 e. The SMILES string of the molecule is CN1C(=c2sc3c(C#N)ccc(=Cc4sc5ccccc5[n+]4C)n3c2=O)Sc2ccccc21.COS(=O)(=O)[O-]. The van der Waals surface area contributed by atoms with Crippen molar-refractivity contribution in [2.75, 3.05) is 19.1 Å². The molecule has 198 valence electrons. The van der Waals surface area contributed by atoms with Crippen LogP contribution in [0.15, 0.2) is 70.4 Å². The lowest BCUT2D eigenvalue weighted by Crippen LogP contribution is -2.35. The summed E-state index contributed by atoms with van der Waals surface area (Å²) >= 11 is 4.67. The van der Waals surface area contributed by atoms with E-state index in [0.29, 0.717) is 14.9 Å². The van der Waals surface area contributed by atoms with Crippen LogP contribution in [-0.2, 0) is 21.6 Å². The third-order valence-electron chi connectivity index (χ3n) is 6.01. The van der Waals surface area contributed by atoms with Gasteiger partial charge in [-0.1, -0.05) is 47.4 Å². The maximum atomic E-state index is 13.7. The number of fused-ring (bicyclic) bond motifs is 3. The van der Waals surface area contributed by atoms with Gasteiger partial charge in [0.25, 0.3) is 10.6 Å². The molecule has 0 saturated heterocycles. The first kappa shape index (κ1) is 27.1. The third-order valence-corrected chi connectivity index (χ3v) is 10.1. The summed E-state index contributed by atoms with van der Waals surface area (Å²) in [5.74, 6) is 0. The van der Waals surface area contributed by atoms with E-state index in [1.54, 1.807) is 33.6 Å². The molecule has 0 spiro atoms. The average Bonchev–Trinajstić information content (AvgIpc) is 3.56. The van der Waals surface area contributed by atoms with E-state index in [0.717, 1.165) is 38.6 Å². The van der Waals surface area contributed by atoms with E-state index in [2.05, 4.69) is 44.0 Å². The zero-order valence-corrected chi connectivity index (χ0v) is 24.1. The van der Waals surface area contributed by atoms with Crippen LogP contribution < -0.4 is 24.9 Å². The Kier molecular flexibility index (Phi) is 7.34. The van der Waals surface area contributed by atoms with Gasteiger partial charge in [0.2, 0.25) is 15.9 Å². The Morgan fingerprint density at radius 2 is 1.77 bits per heavy atom. The van der Waals surface area contributed by atoms with Gasteiger partial charge in [0.1, 0.15) is 32.2 Å². The van der Waals surface area contributed by atoms with Crippen molar-refractivity contribution in [3.63, 3.8) is 0 Å². The maximum absolute atomic E-state index is 13.7. The molecule has 0 unspecified atom stereocenters. The molecule has 0 radical (unpaired) electrons. The molecule has 39 heavy (non-hydrogen) atoms. The molecule has 0 N–H and O–H groups in total. The number of pyridine rings is 1. The molecule has 0 aliphatic carbocycles. The van der Waals surface area contributed by atoms with Crippen LogP contribution >= 0.6 is 34.4 Å². The molecule has 0 atom stereocenters. The van der Waals surface area contributed by atoms with Gasteiger partial charge in [0, 0.05) is 24.1 Å². The summed E-state index contributed by atoms with van der Waals surface area (Å²) in [5.41, 5.74) is 2.65. The van der Waals surface area contributed by atoms with Crippen LogP contribution in [0.4, 0.5) is 5.69 Å². The van der Waals surface area contributed by atoms with Gasteiger partial charge in [-0.15, -0.1) is 11.3 Å². The summed E-state index contributed by atoms with van der Waals surface area (Å²) in [6.45, 7) is 0. The molecule has 3 aromatic heterocycles. The fourth-order valence-corrected chi connectivity index (χ4v) is 7.64. The summed E-state index contributed by atoms with van der Waals surface area (Å²) in [7, 11) is 0.412. The fourth-order valence-electron chi connectivity index (χ4n) is 4.11. The Balaban J connectivity index is 0.000000465. The second-order valence-electron chi connectivity index (χ2n) is 8.28. The normalized spacial score (nSPS) is 14.8. The minimum Gasteiger partial charge on any atom is -0.726 e. The number of hydrogen-bond donors (Lipinski definition) is 0. The van der Waals surface area contributed by atoms with Crippen LogP contribution in [0.1, 0.15) is 10.6 Å². The van der Waals surface area contributed by atoms with Crippen LogP contribution in [0.5, 0.6) is 0 Å². The summed E-state index contributed by atoms with van der Waals surface area (Å²) in [5, 5.41) is 12.4. The molecule has 9 nitrogen and oxygen atoms in total. The highest BCUT2D eigenvalue weighted by Gasteiger charge is 2.25. The topological polar surface area (TPSA) is 119 Å². The molecule has 4 heterocycles. The van der Waals surface area contributed by atoms with Crippen LogP contribution in [0.3, 0.4) is 0 Å². The lowest BCUT2D eigenvalue weighted by Gasteiger charge is -2.11. The van der Waals surface area contributed by atoms with Gasteiger partial charge in [-0.25, -0.2) is 8.42 Å². The summed E-state index contributed by atoms with van der Waals surface area (Å²) in [4.78, 5) is 17.6. The van der Waals surface area contributed by atoms with Gasteiger partial charge >= 0.3 is 0 Å². The molecule has 5 aromatic rings. The van der Waals surface area contributed by atoms with E-state index in [4.69, 9.17) is 0 Å². The number of anilines is 1. The highest BCUT2D eigenvalue weighted by atomic mass is 32.3. The average molecular weight is 597 g/mol. The van der Waals surface area contributed by atoms with E-state index in [9.17, 15) is 23.0 Å². The Bertz CT molecular complexity index is 2090. The zero-order valence-electron chi connectivity index (χ0n) is 20.8. The molecule has 2 aromatic carbocycles. The van der Waals surface area contributed by atoms with Gasteiger partial charge in [-0.3, -0.25) is 13.4 Å². The summed E-state index contributed by atoms with van der Waals surface area (Å²) in [6.07, 6.45) is 2.03. The number of thiazole rings is 2. The quantitative estimate of drug-likeness (QED) is 0.173. The number of nitriles is 1. The fraction of sp³-hybridized carbons (Fsp3) is 0.115. The predicted molar refractivity (Wildman–Crippen MR) is 153 cm³/mol. The number of nitrogens with zero attached hydrogens (tertiary/aromatic N) is 4. The van der Waals surface area contributed by atoms with E-state index >= 15 is 0 Å². The molecule has 13 heteroatoms. The number of para-hydroxylation sites is 2. The Hall–Kier alpha value is -3.51. The zero-order chi connectivity index (χ0) is 27.9. The number of hydrogen-bond acceptors (Lipinski definition) is 10. The van der Waals surface area contributed by atoms with Gasteiger partial charge in [-0.2, -0.15) is 9.83 Å². The lowest BCUT2D eigenvalue weighted by atomic mass is 10.3. The minimum absolute atomic E-state index is 0.0933. The monoisotopic (exact) mass is 596 g/mol. The van der Waals surface area contributed by atoms with Gasteiger partial charge in [-0.05, 0) is 30.3 Å². The Labute approximate surface area is 235 Å². The number of aryl methyl sites for hydroxylation is 1. The van der Waals surface area contributed by atoms with Gasteiger partial charge < -0.3 is 9.45 Å². The molecular formula is C26H20N4O5S4. The number of rotatable bonds is 2. The molecule has 0 fully saturated rings. The van der Waals surface area contributed by atoms with Crippen molar-refractivity contribution in [3.8, 4) is 6.07 Å². The predicted octanol–water partition coefficient (Wildman–Crippen LogP) is 2.50. The van der Waals surface area contributed by atoms with E-state index in [-0.39, 0.29) is 5.56 Å². The molecular weight excluding hydrogens is 577 g/mol. The first-order valence-corrected chi connectivity index (χ1v) is 15.1. The van der Waals surface area contributed by atoms with E-state index < -0.39 is 10.4 Å². The molecule has 0 amide bonds. The van der Waals surface area contributed by atoms with Crippen molar-refractivity contribution in [1.82, 2.24) is 4.40 Å². The molecule has 0 bridgehead atoms. The molecule has 6 rings (SSSR count). The van der Waals surface area contributed by atoms with Gasteiger partial charge in [0.05, 0.1) is 23.7 Å². The first-order valence-electron chi connectivity index (χ1n) is 11.3. The highest BCUT2D eigenvalue weighted by molar-refractivity contribution is 8.08. The van der Waals surface area contributed by atoms with E-state index in [1.165, 1.54) is 16.0 Å². The second-order valence-corrected chi connectivity index (χ2v) is 12.5. The van der Waals surface area contributed by atoms with Crippen LogP contribution in [0.25, 0.3) is 26.2 Å². The van der Waals surface area contributed by atoms with Crippen LogP contribution in [-0.4, -0.2) is 31.5 Å². The lowest BCUT2D eigenvalue weighted by molar-refractivity contribution is -0.642. The molecule has 0 saturated carbocycles. The number of benzene rings is 2. The van der Waals surface area contributed by atoms with Crippen LogP contribution in [0, 0.1) is 11.3 Å².